The van der Waals surface area contributed by atoms with Crippen molar-refractivity contribution in [3.8, 4) is 5.75 Å². The number of rotatable bonds is 6. The van der Waals surface area contributed by atoms with E-state index in [0.29, 0.717) is 18.7 Å². The smallest absolute Gasteiger partial charge is 0.299 e. The second kappa shape index (κ2) is 6.65. The van der Waals surface area contributed by atoms with Gasteiger partial charge in [-0.25, -0.2) is 0 Å². The molecule has 0 aromatic heterocycles. The monoisotopic (exact) mass is 309 g/mol. The number of anilines is 1. The molecule has 0 atom stereocenters. The molecular formula is C19H19NO3. The van der Waals surface area contributed by atoms with Crippen LogP contribution in [0.3, 0.4) is 0 Å². The summed E-state index contributed by atoms with van der Waals surface area (Å²) in [6.45, 7) is 3.17. The molecule has 23 heavy (non-hydrogen) atoms. The normalized spacial score (nSPS) is 13.3. The molecule has 2 aromatic rings. The number of unbranched alkanes of at least 4 members (excludes halogenated alkanes) is 1. The fourth-order valence-corrected chi connectivity index (χ4v) is 2.74. The van der Waals surface area contributed by atoms with Gasteiger partial charge in [0.1, 0.15) is 5.75 Å². The SMILES string of the molecule is Cc1cccc(OCCCCN2C(=O)C(=O)c3ccccc32)c1. The van der Waals surface area contributed by atoms with E-state index in [1.807, 2.05) is 43.3 Å². The Labute approximate surface area is 135 Å². The van der Waals surface area contributed by atoms with E-state index in [4.69, 9.17) is 4.74 Å². The second-order valence-corrected chi connectivity index (χ2v) is 5.68. The van der Waals surface area contributed by atoms with Crippen LogP contribution in [0.15, 0.2) is 48.5 Å². The van der Waals surface area contributed by atoms with Crippen molar-refractivity contribution in [2.24, 2.45) is 0 Å². The minimum Gasteiger partial charge on any atom is -0.494 e. The summed E-state index contributed by atoms with van der Waals surface area (Å²) in [6, 6.07) is 15.1. The number of para-hydroxylation sites is 1. The van der Waals surface area contributed by atoms with Crippen LogP contribution in [0.5, 0.6) is 5.75 Å². The molecule has 0 saturated carbocycles. The van der Waals surface area contributed by atoms with Gasteiger partial charge in [0, 0.05) is 6.54 Å². The van der Waals surface area contributed by atoms with Gasteiger partial charge in [-0.3, -0.25) is 9.59 Å². The Morgan fingerprint density at radius 2 is 1.83 bits per heavy atom. The third kappa shape index (κ3) is 3.26. The van der Waals surface area contributed by atoms with Gasteiger partial charge in [0.25, 0.3) is 11.7 Å². The maximum absolute atomic E-state index is 12.0. The Morgan fingerprint density at radius 3 is 2.65 bits per heavy atom. The fourth-order valence-electron chi connectivity index (χ4n) is 2.74. The number of ketones is 1. The van der Waals surface area contributed by atoms with Crippen LogP contribution in [0.2, 0.25) is 0 Å². The summed E-state index contributed by atoms with van der Waals surface area (Å²) in [5.74, 6) is 0.0326. The summed E-state index contributed by atoms with van der Waals surface area (Å²) in [5, 5.41) is 0. The van der Waals surface area contributed by atoms with Gasteiger partial charge in [-0.1, -0.05) is 24.3 Å². The lowest BCUT2D eigenvalue weighted by atomic mass is 10.1. The number of carbonyl (C=O) groups is 2. The lowest BCUT2D eigenvalue weighted by Crippen LogP contribution is -2.30. The quantitative estimate of drug-likeness (QED) is 0.607. The highest BCUT2D eigenvalue weighted by Crippen LogP contribution is 2.28. The van der Waals surface area contributed by atoms with Crippen molar-refractivity contribution in [2.75, 3.05) is 18.1 Å². The van der Waals surface area contributed by atoms with E-state index >= 15 is 0 Å². The summed E-state index contributed by atoms with van der Waals surface area (Å²) in [4.78, 5) is 25.5. The van der Waals surface area contributed by atoms with Crippen LogP contribution < -0.4 is 9.64 Å². The maximum Gasteiger partial charge on any atom is 0.299 e. The zero-order valence-electron chi connectivity index (χ0n) is 13.1. The van der Waals surface area contributed by atoms with Crippen LogP contribution >= 0.6 is 0 Å². The number of hydrogen-bond donors (Lipinski definition) is 0. The van der Waals surface area contributed by atoms with Crippen molar-refractivity contribution >= 4 is 17.4 Å². The highest BCUT2D eigenvalue weighted by Gasteiger charge is 2.34. The van der Waals surface area contributed by atoms with E-state index in [-0.39, 0.29) is 0 Å². The number of ether oxygens (including phenoxy) is 1. The highest BCUT2D eigenvalue weighted by atomic mass is 16.5. The Kier molecular flexibility index (Phi) is 4.42. The van der Waals surface area contributed by atoms with Crippen LogP contribution in [0.4, 0.5) is 5.69 Å². The Hall–Kier alpha value is -2.62. The average Bonchev–Trinajstić information content (AvgIpc) is 2.80. The van der Waals surface area contributed by atoms with Crippen LogP contribution in [0.1, 0.15) is 28.8 Å². The molecule has 4 nitrogen and oxygen atoms in total. The predicted octanol–water partition coefficient (Wildman–Crippen LogP) is 3.38. The molecule has 0 fully saturated rings. The molecule has 1 heterocycles. The fraction of sp³-hybridized carbons (Fsp3) is 0.263. The number of aryl methyl sites for hydroxylation is 1. The number of amides is 1. The zero-order chi connectivity index (χ0) is 16.2. The number of hydrogen-bond acceptors (Lipinski definition) is 3. The van der Waals surface area contributed by atoms with Crippen molar-refractivity contribution in [2.45, 2.75) is 19.8 Å². The van der Waals surface area contributed by atoms with Crippen LogP contribution in [0.25, 0.3) is 0 Å². The highest BCUT2D eigenvalue weighted by molar-refractivity contribution is 6.52. The number of fused-ring (bicyclic) bond motifs is 1. The maximum atomic E-state index is 12.0. The van der Waals surface area contributed by atoms with Gasteiger partial charge in [0.05, 0.1) is 17.9 Å². The molecule has 3 rings (SSSR count). The molecule has 118 valence electrons. The van der Waals surface area contributed by atoms with Gasteiger partial charge >= 0.3 is 0 Å². The number of benzene rings is 2. The molecule has 1 amide bonds. The summed E-state index contributed by atoms with van der Waals surface area (Å²) in [5.41, 5.74) is 2.40. The summed E-state index contributed by atoms with van der Waals surface area (Å²) >= 11 is 0. The molecule has 0 aliphatic carbocycles. The van der Waals surface area contributed by atoms with Crippen molar-refractivity contribution < 1.29 is 14.3 Å². The summed E-state index contributed by atoms with van der Waals surface area (Å²) in [6.07, 6.45) is 1.62. The van der Waals surface area contributed by atoms with E-state index in [1.54, 1.807) is 17.0 Å². The van der Waals surface area contributed by atoms with Crippen molar-refractivity contribution in [1.82, 2.24) is 0 Å². The van der Waals surface area contributed by atoms with Gasteiger partial charge in [0.15, 0.2) is 0 Å². The molecule has 0 radical (unpaired) electrons. The minimum absolute atomic E-state index is 0.406. The van der Waals surface area contributed by atoms with Crippen molar-refractivity contribution in [3.63, 3.8) is 0 Å². The Balaban J connectivity index is 1.50. The van der Waals surface area contributed by atoms with Crippen LogP contribution in [0, 0.1) is 6.92 Å². The van der Waals surface area contributed by atoms with E-state index in [2.05, 4.69) is 0 Å². The third-order valence-electron chi connectivity index (χ3n) is 3.91. The Morgan fingerprint density at radius 1 is 1.00 bits per heavy atom. The minimum atomic E-state index is -0.425. The first-order valence-electron chi connectivity index (χ1n) is 7.81. The standard InChI is InChI=1S/C19H19NO3/c1-14-7-6-8-15(13-14)23-12-5-4-11-20-17-10-3-2-9-16(17)18(21)19(20)22/h2-3,6-10,13H,4-5,11-12H2,1H3. The zero-order valence-corrected chi connectivity index (χ0v) is 13.1. The van der Waals surface area contributed by atoms with Gasteiger partial charge < -0.3 is 9.64 Å². The number of carbonyl (C=O) groups excluding carboxylic acids is 2. The number of Topliss-reactive ketones (excluding diaryl/α,β-unsaturated/α-hetero) is 1. The molecular weight excluding hydrogens is 290 g/mol. The first kappa shape index (κ1) is 15.3. The number of nitrogens with zero attached hydrogens (tertiary/aromatic N) is 1. The molecule has 0 unspecified atom stereocenters. The molecule has 0 bridgehead atoms. The van der Waals surface area contributed by atoms with Crippen molar-refractivity contribution in [1.29, 1.82) is 0 Å². The van der Waals surface area contributed by atoms with Gasteiger partial charge in [-0.05, 0) is 49.6 Å². The summed E-state index contributed by atoms with van der Waals surface area (Å²) in [7, 11) is 0. The largest absolute Gasteiger partial charge is 0.494 e. The van der Waals surface area contributed by atoms with Crippen molar-refractivity contribution in [3.05, 3.63) is 59.7 Å². The van der Waals surface area contributed by atoms with Crippen LogP contribution in [-0.2, 0) is 4.79 Å². The van der Waals surface area contributed by atoms with E-state index < -0.39 is 11.7 Å². The molecule has 0 N–H and O–H groups in total. The first-order valence-corrected chi connectivity index (χ1v) is 7.81. The van der Waals surface area contributed by atoms with Gasteiger partial charge in [-0.2, -0.15) is 0 Å². The van der Waals surface area contributed by atoms with Crippen LogP contribution in [-0.4, -0.2) is 24.8 Å². The molecule has 1 aliphatic heterocycles. The lowest BCUT2D eigenvalue weighted by molar-refractivity contribution is -0.114. The third-order valence-corrected chi connectivity index (χ3v) is 3.91. The van der Waals surface area contributed by atoms with E-state index in [1.165, 1.54) is 5.56 Å². The molecule has 1 aliphatic rings. The first-order chi connectivity index (χ1) is 11.2. The average molecular weight is 309 g/mol. The molecule has 4 heteroatoms. The predicted molar refractivity (Wildman–Crippen MR) is 89.0 cm³/mol. The molecule has 0 spiro atoms. The van der Waals surface area contributed by atoms with E-state index in [0.717, 1.165) is 24.3 Å². The Bertz CT molecular complexity index is 739. The topological polar surface area (TPSA) is 46.6 Å². The molecule has 2 aromatic carbocycles. The van der Waals surface area contributed by atoms with E-state index in [9.17, 15) is 9.59 Å². The second-order valence-electron chi connectivity index (χ2n) is 5.68. The van der Waals surface area contributed by atoms with Gasteiger partial charge in [0.2, 0.25) is 0 Å². The molecule has 0 saturated heterocycles. The van der Waals surface area contributed by atoms with Gasteiger partial charge in [-0.15, -0.1) is 0 Å². The summed E-state index contributed by atoms with van der Waals surface area (Å²) < 4.78 is 5.70. The lowest BCUT2D eigenvalue weighted by Gasteiger charge is -2.16.